The molecule has 0 spiro atoms. The summed E-state index contributed by atoms with van der Waals surface area (Å²) < 4.78 is 1.83. The molecular formula is C23H23ClN6O2. The van der Waals surface area contributed by atoms with E-state index in [0.29, 0.717) is 34.1 Å². The predicted octanol–water partition coefficient (Wildman–Crippen LogP) is 2.88. The monoisotopic (exact) mass is 450 g/mol. The zero-order valence-corrected chi connectivity index (χ0v) is 18.1. The number of hydrogen-bond donors (Lipinski definition) is 4. The van der Waals surface area contributed by atoms with Crippen molar-refractivity contribution in [3.63, 3.8) is 0 Å². The van der Waals surface area contributed by atoms with E-state index in [2.05, 4.69) is 15.0 Å². The lowest BCUT2D eigenvalue weighted by Gasteiger charge is -2.21. The van der Waals surface area contributed by atoms with Crippen molar-refractivity contribution in [1.82, 2.24) is 19.5 Å². The molecule has 0 aliphatic heterocycles. The summed E-state index contributed by atoms with van der Waals surface area (Å²) >= 11 is 6.07. The number of halogens is 1. The van der Waals surface area contributed by atoms with Crippen LogP contribution in [0.2, 0.25) is 5.02 Å². The first-order valence-corrected chi connectivity index (χ1v) is 10.7. The summed E-state index contributed by atoms with van der Waals surface area (Å²) in [7, 11) is 0. The van der Waals surface area contributed by atoms with Crippen LogP contribution in [0.5, 0.6) is 0 Å². The Labute approximate surface area is 189 Å². The van der Waals surface area contributed by atoms with Gasteiger partial charge in [-0.15, -0.1) is 0 Å². The molecule has 0 radical (unpaired) electrons. The van der Waals surface area contributed by atoms with Gasteiger partial charge in [0.05, 0.1) is 22.0 Å². The normalized spacial score (nSPS) is 21.9. The maximum absolute atomic E-state index is 10.8. The molecule has 9 heteroatoms. The molecule has 4 atom stereocenters. The predicted molar refractivity (Wildman–Crippen MR) is 125 cm³/mol. The van der Waals surface area contributed by atoms with Gasteiger partial charge in [-0.05, 0) is 41.7 Å². The number of pyridine rings is 1. The summed E-state index contributed by atoms with van der Waals surface area (Å²) in [6.45, 7) is 2.03. The van der Waals surface area contributed by atoms with E-state index in [9.17, 15) is 10.2 Å². The molecule has 6 N–H and O–H groups in total. The van der Waals surface area contributed by atoms with E-state index in [4.69, 9.17) is 23.1 Å². The number of rotatable bonds is 4. The molecule has 164 valence electrons. The van der Waals surface area contributed by atoms with Gasteiger partial charge in [-0.25, -0.2) is 15.0 Å². The van der Waals surface area contributed by atoms with Gasteiger partial charge in [0.1, 0.15) is 35.8 Å². The SMILES string of the molecule is CC(Cc1ccc2cc(Cl)c(N)nc2c1)C1=CC(n2ccc3c(N)ncnc32)C(O)C1O. The number of aliphatic hydroxyl groups excluding tert-OH is 2. The molecule has 0 fully saturated rings. The molecule has 32 heavy (non-hydrogen) atoms. The van der Waals surface area contributed by atoms with Crippen molar-refractivity contribution in [2.45, 2.75) is 31.6 Å². The molecule has 1 aromatic carbocycles. The van der Waals surface area contributed by atoms with Crippen LogP contribution in [0, 0.1) is 5.92 Å². The summed E-state index contributed by atoms with van der Waals surface area (Å²) in [4.78, 5) is 12.7. The first-order valence-electron chi connectivity index (χ1n) is 10.3. The molecule has 0 saturated heterocycles. The molecule has 0 amide bonds. The Hall–Kier alpha value is -3.20. The van der Waals surface area contributed by atoms with Crippen molar-refractivity contribution in [3.8, 4) is 0 Å². The third kappa shape index (κ3) is 3.37. The second kappa shape index (κ2) is 7.74. The van der Waals surface area contributed by atoms with Gasteiger partial charge >= 0.3 is 0 Å². The average Bonchev–Trinajstić information content (AvgIpc) is 3.31. The molecule has 0 bridgehead atoms. The number of hydrogen-bond acceptors (Lipinski definition) is 7. The average molecular weight is 451 g/mol. The van der Waals surface area contributed by atoms with E-state index >= 15 is 0 Å². The zero-order valence-electron chi connectivity index (χ0n) is 17.4. The lowest BCUT2D eigenvalue weighted by molar-refractivity contribution is 0.0293. The molecule has 3 aromatic heterocycles. The maximum Gasteiger partial charge on any atom is 0.146 e. The van der Waals surface area contributed by atoms with Crippen LogP contribution in [0.1, 0.15) is 18.5 Å². The summed E-state index contributed by atoms with van der Waals surface area (Å²) in [5, 5.41) is 23.7. The number of aromatic nitrogens is 4. The highest BCUT2D eigenvalue weighted by Crippen LogP contribution is 2.37. The van der Waals surface area contributed by atoms with Crippen molar-refractivity contribution in [2.24, 2.45) is 5.92 Å². The third-order valence-corrected chi connectivity index (χ3v) is 6.52. The highest BCUT2D eigenvalue weighted by molar-refractivity contribution is 6.33. The number of anilines is 2. The lowest BCUT2D eigenvalue weighted by atomic mass is 9.91. The van der Waals surface area contributed by atoms with E-state index < -0.39 is 18.2 Å². The van der Waals surface area contributed by atoms with E-state index in [1.807, 2.05) is 48.0 Å². The first kappa shape index (κ1) is 20.7. The number of fused-ring (bicyclic) bond motifs is 2. The number of benzene rings is 1. The summed E-state index contributed by atoms with van der Waals surface area (Å²) in [5.74, 6) is 0.673. The molecule has 4 aromatic rings. The smallest absolute Gasteiger partial charge is 0.146 e. The van der Waals surface area contributed by atoms with Gasteiger partial charge in [0.2, 0.25) is 0 Å². The first-order chi connectivity index (χ1) is 15.3. The van der Waals surface area contributed by atoms with Gasteiger partial charge in [-0.3, -0.25) is 0 Å². The van der Waals surface area contributed by atoms with Gasteiger partial charge in [0.25, 0.3) is 0 Å². The van der Waals surface area contributed by atoms with Gasteiger partial charge in [0, 0.05) is 11.6 Å². The highest BCUT2D eigenvalue weighted by atomic mass is 35.5. The number of aliphatic hydroxyl groups is 2. The van der Waals surface area contributed by atoms with Crippen LogP contribution in [0.15, 0.2) is 54.5 Å². The Morgan fingerprint density at radius 3 is 2.75 bits per heavy atom. The van der Waals surface area contributed by atoms with Gasteiger partial charge in [-0.2, -0.15) is 0 Å². The van der Waals surface area contributed by atoms with Gasteiger partial charge in [0.15, 0.2) is 0 Å². The van der Waals surface area contributed by atoms with Crippen molar-refractivity contribution in [1.29, 1.82) is 0 Å². The van der Waals surface area contributed by atoms with Gasteiger partial charge < -0.3 is 26.2 Å². The van der Waals surface area contributed by atoms with E-state index in [1.54, 1.807) is 6.07 Å². The molecule has 1 aliphatic rings. The topological polar surface area (TPSA) is 136 Å². The lowest BCUT2D eigenvalue weighted by Crippen LogP contribution is -2.30. The molecule has 1 aliphatic carbocycles. The Kier molecular flexibility index (Phi) is 5.00. The van der Waals surface area contributed by atoms with Crippen LogP contribution in [0.4, 0.5) is 11.6 Å². The van der Waals surface area contributed by atoms with Crippen LogP contribution >= 0.6 is 11.6 Å². The van der Waals surface area contributed by atoms with Gasteiger partial charge in [-0.1, -0.05) is 36.7 Å². The number of nitrogen functional groups attached to an aromatic ring is 2. The van der Waals surface area contributed by atoms with Crippen molar-refractivity contribution >= 4 is 45.2 Å². The van der Waals surface area contributed by atoms with Crippen molar-refractivity contribution < 1.29 is 10.2 Å². The largest absolute Gasteiger partial charge is 0.388 e. The van der Waals surface area contributed by atoms with Crippen molar-refractivity contribution in [3.05, 3.63) is 65.1 Å². The number of nitrogens with zero attached hydrogens (tertiary/aromatic N) is 4. The van der Waals surface area contributed by atoms with Crippen LogP contribution in [-0.4, -0.2) is 41.9 Å². The van der Waals surface area contributed by atoms with E-state index in [1.165, 1.54) is 6.33 Å². The second-order valence-corrected chi connectivity index (χ2v) is 8.71. The van der Waals surface area contributed by atoms with E-state index in [0.717, 1.165) is 22.0 Å². The molecular weight excluding hydrogens is 428 g/mol. The second-order valence-electron chi connectivity index (χ2n) is 8.30. The standard InChI is InChI=1S/C23H23ClN6O2/c1-11(6-12-2-3-13-8-16(24)22(26)29-17(13)7-12)15-9-18(20(32)19(15)31)30-5-4-14-21(25)27-10-28-23(14)30/h2-5,7-11,18-20,31-32H,6H2,1H3,(H2,26,29)(H2,25,27,28). The minimum Gasteiger partial charge on any atom is -0.388 e. The Balaban J connectivity index is 1.44. The molecule has 0 saturated carbocycles. The summed E-state index contributed by atoms with van der Waals surface area (Å²) in [6, 6.07) is 9.13. The molecule has 4 unspecified atom stereocenters. The third-order valence-electron chi connectivity index (χ3n) is 6.21. The quantitative estimate of drug-likeness (QED) is 0.351. The van der Waals surface area contributed by atoms with Crippen LogP contribution in [-0.2, 0) is 6.42 Å². The Bertz CT molecular complexity index is 1370. The van der Waals surface area contributed by atoms with E-state index in [-0.39, 0.29) is 5.92 Å². The molecule has 5 rings (SSSR count). The van der Waals surface area contributed by atoms with Crippen LogP contribution in [0.3, 0.4) is 0 Å². The van der Waals surface area contributed by atoms with Crippen LogP contribution in [0.25, 0.3) is 21.9 Å². The molecule has 8 nitrogen and oxygen atoms in total. The number of nitrogens with two attached hydrogens (primary N) is 2. The zero-order chi connectivity index (χ0) is 22.6. The van der Waals surface area contributed by atoms with Crippen LogP contribution < -0.4 is 11.5 Å². The highest BCUT2D eigenvalue weighted by Gasteiger charge is 2.38. The summed E-state index contributed by atoms with van der Waals surface area (Å²) in [5.41, 5.74) is 15.0. The summed E-state index contributed by atoms with van der Waals surface area (Å²) in [6.07, 6.45) is 3.84. The minimum absolute atomic E-state index is 0.00623. The Morgan fingerprint density at radius 1 is 1.12 bits per heavy atom. The fourth-order valence-electron chi connectivity index (χ4n) is 4.51. The fraction of sp³-hybridized carbons (Fsp3) is 0.261. The van der Waals surface area contributed by atoms with Crippen molar-refractivity contribution in [2.75, 3.05) is 11.5 Å². The molecule has 3 heterocycles. The fourth-order valence-corrected chi connectivity index (χ4v) is 4.67. The minimum atomic E-state index is -0.987. The maximum atomic E-state index is 10.8. The Morgan fingerprint density at radius 2 is 1.94 bits per heavy atom.